The number of nitro groups is 2. The van der Waals surface area contributed by atoms with Gasteiger partial charge in [0.1, 0.15) is 29.3 Å². The number of nitrogens with one attached hydrogen (secondary N) is 2. The number of carbonyl (C=O) groups is 2. The van der Waals surface area contributed by atoms with Crippen molar-refractivity contribution >= 4 is 108 Å². The van der Waals surface area contributed by atoms with Crippen LogP contribution in [-0.4, -0.2) is 116 Å². The third kappa shape index (κ3) is 33.2. The number of carbonyl (C=O) groups excluding carboxylic acids is 3. The number of nitro benzene ring substituents is 1. The van der Waals surface area contributed by atoms with Gasteiger partial charge < -0.3 is 83.4 Å². The number of pyridine rings is 5. The minimum absolute atomic E-state index is 0. The molecule has 0 saturated carbocycles. The van der Waals surface area contributed by atoms with Crippen molar-refractivity contribution in [2.24, 2.45) is 4.99 Å². The van der Waals surface area contributed by atoms with Crippen molar-refractivity contribution < 1.29 is 131 Å². The Labute approximate surface area is 829 Å². The predicted octanol–water partition coefficient (Wildman–Crippen LogP) is 14.0. The van der Waals surface area contributed by atoms with Crippen LogP contribution < -0.4 is 88.3 Å². The molecule has 0 aliphatic heterocycles. The first-order valence-electron chi connectivity index (χ1n) is 40.6. The van der Waals surface area contributed by atoms with E-state index < -0.39 is 4.92 Å². The molecular weight excluding hydrogens is 1990 g/mol. The first kappa shape index (κ1) is 113. The largest absolute Gasteiger partial charge is 1.00 e. The summed E-state index contributed by atoms with van der Waals surface area (Å²) < 4.78 is 21.3. The molecule has 134 heavy (non-hydrogen) atoms. The Morgan fingerprint density at radius 3 is 1.25 bits per heavy atom. The number of urea groups is 1. The third-order valence-corrected chi connectivity index (χ3v) is 19.6. The summed E-state index contributed by atoms with van der Waals surface area (Å²) in [5.74, 6) is 3.29. The number of nitrogens with two attached hydrogens (primary N) is 5. The van der Waals surface area contributed by atoms with Crippen molar-refractivity contribution in [3.8, 4) is 28.6 Å². The van der Waals surface area contributed by atoms with Gasteiger partial charge in [0.2, 0.25) is 6.08 Å². The number of nitrogens with zero attached hydrogens (tertiary/aromatic N) is 12. The van der Waals surface area contributed by atoms with E-state index in [9.17, 15) is 29.8 Å². The van der Waals surface area contributed by atoms with E-state index in [0.717, 1.165) is 101 Å². The fraction of sp³-hybridized carbons (Fsp3) is 0.204. The van der Waals surface area contributed by atoms with Crippen LogP contribution in [0.3, 0.4) is 0 Å². The quantitative estimate of drug-likeness (QED) is 0.00312. The van der Waals surface area contributed by atoms with Gasteiger partial charge in [-0.2, -0.15) is 10.2 Å². The summed E-state index contributed by atoms with van der Waals surface area (Å²) >= 11 is 0. The summed E-state index contributed by atoms with van der Waals surface area (Å²) in [6, 6.07) is 61.9. The van der Waals surface area contributed by atoms with E-state index in [1.54, 1.807) is 83.2 Å². The molecule has 0 aliphatic rings. The van der Waals surface area contributed by atoms with Crippen molar-refractivity contribution in [1.82, 2.24) is 44.5 Å². The number of aliphatic hydroxyl groups excluding tert-OH is 2. The molecule has 15 aromatic rings. The predicted molar refractivity (Wildman–Crippen MR) is 514 cm³/mol. The smallest absolute Gasteiger partial charge is 0.662 e. The molecule has 0 bridgehead atoms. The molecule has 36 heteroatoms. The molecule has 0 aliphatic carbocycles. The van der Waals surface area contributed by atoms with E-state index >= 15 is 0 Å². The van der Waals surface area contributed by atoms with Gasteiger partial charge in [-0.05, 0) is 134 Å². The summed E-state index contributed by atoms with van der Waals surface area (Å²) in [7, 11) is 0. The number of rotatable bonds is 24. The Morgan fingerprint density at radius 1 is 0.478 bits per heavy atom. The van der Waals surface area contributed by atoms with Crippen LogP contribution in [0.25, 0.3) is 43.7 Å². The number of aliphatic hydroxyl groups is 2. The molecule has 2 amide bonds. The van der Waals surface area contributed by atoms with Crippen LogP contribution in [0.2, 0.25) is 0 Å². The average Bonchev–Trinajstić information content (AvgIpc) is 1.74. The van der Waals surface area contributed by atoms with Gasteiger partial charge >= 0.3 is 35.6 Å². The second-order valence-corrected chi connectivity index (χ2v) is 30.8. The first-order valence-corrected chi connectivity index (χ1v) is 40.6. The number of aryl methyl sites for hydroxylation is 2. The summed E-state index contributed by atoms with van der Waals surface area (Å²) in [5, 5.41) is 67.6. The van der Waals surface area contributed by atoms with Crippen LogP contribution >= 0.6 is 0 Å². The molecule has 7 aromatic heterocycles. The molecule has 15 rings (SSSR count). The van der Waals surface area contributed by atoms with Gasteiger partial charge in [0.25, 0.3) is 17.8 Å². The molecule has 0 atom stereocenters. The average molecular weight is 2100 g/mol. The molecule has 0 radical (unpaired) electrons. The summed E-state index contributed by atoms with van der Waals surface area (Å²) in [6.45, 7) is 17.9. The van der Waals surface area contributed by atoms with Gasteiger partial charge in [-0.1, -0.05) is 144 Å². The zero-order valence-electron chi connectivity index (χ0n) is 76.2. The van der Waals surface area contributed by atoms with Gasteiger partial charge in [-0.25, -0.2) is 19.0 Å². The van der Waals surface area contributed by atoms with E-state index in [2.05, 4.69) is 92.1 Å². The van der Waals surface area contributed by atoms with Crippen molar-refractivity contribution in [3.05, 3.63) is 348 Å². The minimum Gasteiger partial charge on any atom is -0.662 e. The number of non-ortho nitro benzene ring substituents is 1. The number of hydrogen-bond acceptors (Lipinski definition) is 27. The number of hydrogen-bond donors (Lipinski definition) is 9. The Balaban J connectivity index is 0.000000432. The first-order chi connectivity index (χ1) is 62.0. The second-order valence-electron chi connectivity index (χ2n) is 30.8. The number of fused-ring (bicyclic) bond motifs is 3. The molecule has 33 nitrogen and oxygen atoms in total. The van der Waals surface area contributed by atoms with Crippen molar-refractivity contribution in [3.63, 3.8) is 0 Å². The SMILES string of the molecule is Cc1ccc(-n2nc(C(C)(C)C)cc2N=C=O)cc1.Cc1ccc(-n2nc(C(C)(C)C)cc2NC(=O)Nc2ccc(OCCc3ccncc3N)c3ccccc23)cc1.Nc1cnccc1CCO.Nc1cnccc1CCOc1ccc(N)c2ccccc12.Nc1cnccc1CCOc1ccc([N+](=O)[O-])c2ccccc12.O=CO[O-].O=[N+]([O-])c1cnccc1CCO.[CH3-].[CH3-].[HH].[Na+].[Pd].[Pt]. The molecule has 0 spiro atoms. The van der Waals surface area contributed by atoms with E-state index in [4.69, 9.17) is 68.2 Å². The number of isocyanates is 1. The molecular formula is C98H110N19NaO14PdPt-2. The summed E-state index contributed by atoms with van der Waals surface area (Å²) in [4.78, 5) is 78.8. The van der Waals surface area contributed by atoms with Crippen LogP contribution in [0.4, 0.5) is 61.9 Å². The van der Waals surface area contributed by atoms with E-state index in [1.165, 1.54) is 30.1 Å². The van der Waals surface area contributed by atoms with Crippen molar-refractivity contribution in [1.29, 1.82) is 0 Å². The second kappa shape index (κ2) is 56.2. The van der Waals surface area contributed by atoms with E-state index in [0.29, 0.717) is 102 Å². The number of aromatic nitrogens is 9. The maximum absolute atomic E-state index is 13.3. The Morgan fingerprint density at radius 2 is 0.836 bits per heavy atom. The van der Waals surface area contributed by atoms with Crippen LogP contribution in [-0.2, 0) is 98.9 Å². The van der Waals surface area contributed by atoms with Gasteiger partial charge in [0.15, 0.2) is 5.82 Å². The standard InChI is InChI=1S/C32H34N6O2.C17H15N3O3.C17H17N3O.C15H17N3O.C7H8N2O3.C7H10N2O.CH2O3.2CH3.Na.Pd.Pt.H2/c1-21-9-11-23(12-10-21)38-30(19-29(37-38)32(2,3)4)36-31(39)35-27-13-14-28(25-8-6-5-7-24(25)27)40-18-16-22-15-17-34-20-26(22)33;18-15-11-19-9-7-12(15)8-10-23-17-6-5-16(20(21)22)13-3-1-2-4-14(13)17;18-15-5-6-17(14-4-2-1-3-13(14)15)21-10-8-12-7-9-20-11-16(12)19;1-11-5-7-12(8-6-11)18-14(16-10-19)9-13(17-18)15(2,3)4;10-4-2-6-1-3-8-5-7(6)9(11)12;8-7-5-9-3-1-6(7)2-4-10;2-1-4-3;;;;;;/h5-15,17,19-20H,16,18,33H2,1-4H3,(H2,35,36,39);1-7,9,11H,8,10,18H2;1-7,9,11H,8,10,18-19H2;5-9H,1-4H3;1,3,5,10H,2,4H2;1,3,5,10H,2,4,8H2;1,3H;2*1H3;;;;1H/q;;;;;;;2*-1;+1;;;/p-1. The number of nitrogen functional groups attached to an aromatic ring is 5. The normalized spacial score (nSPS) is 10.2. The molecule has 8 aromatic carbocycles. The Kier molecular flexibility index (Phi) is 47.2. The molecule has 0 saturated heterocycles. The molecule has 0 unspecified atom stereocenters. The van der Waals surface area contributed by atoms with Crippen LogP contribution in [0.1, 0.15) is 93.3 Å². The minimum atomic E-state index is -0.502. The number of amides is 2. The zero-order chi connectivity index (χ0) is 93.0. The summed E-state index contributed by atoms with van der Waals surface area (Å²) in [5.41, 5.74) is 43.4. The van der Waals surface area contributed by atoms with Gasteiger partial charge in [0, 0.05) is 180 Å². The topological polar surface area (TPSA) is 505 Å². The van der Waals surface area contributed by atoms with Crippen LogP contribution in [0, 0.1) is 48.9 Å². The number of ether oxygens (including phenoxy) is 3. The molecule has 7 heterocycles. The zero-order valence-corrected chi connectivity index (χ0v) is 82.0. The monoisotopic (exact) mass is 2100 g/mol. The third-order valence-electron chi connectivity index (χ3n) is 19.6. The fourth-order valence-electron chi connectivity index (χ4n) is 12.7. The number of benzene rings is 8. The van der Waals surface area contributed by atoms with Gasteiger partial charge in [-0.3, -0.25) is 55.3 Å². The fourth-order valence-corrected chi connectivity index (χ4v) is 12.7. The number of aliphatic imine (C=N–C) groups is 1. The maximum atomic E-state index is 13.3. The Hall–Kier alpha value is -13.7. The van der Waals surface area contributed by atoms with E-state index in [1.807, 2.05) is 184 Å². The Bertz CT molecular complexity index is 6330. The molecule has 704 valence electrons. The van der Waals surface area contributed by atoms with Crippen molar-refractivity contribution in [2.75, 3.05) is 72.3 Å². The van der Waals surface area contributed by atoms with Crippen LogP contribution in [0.15, 0.2) is 267 Å². The van der Waals surface area contributed by atoms with Gasteiger partial charge in [0.05, 0.1) is 111 Å². The summed E-state index contributed by atoms with van der Waals surface area (Å²) in [6.07, 6.45) is 20.5. The van der Waals surface area contributed by atoms with Crippen LogP contribution in [0.5, 0.6) is 17.2 Å². The van der Waals surface area contributed by atoms with E-state index in [-0.39, 0.29) is 140 Å². The number of anilines is 7. The maximum Gasteiger partial charge on any atom is 1.00 e. The van der Waals surface area contributed by atoms with Crippen molar-refractivity contribution in [2.45, 2.75) is 98.3 Å². The molecule has 14 N–H and O–H groups in total. The van der Waals surface area contributed by atoms with Gasteiger partial charge in [-0.15, -0.1) is 4.99 Å². The molecule has 0 fully saturated rings.